The molecule has 0 amide bonds. The maximum Gasteiger partial charge on any atom is 0.0541 e. The summed E-state index contributed by atoms with van der Waals surface area (Å²) in [7, 11) is 0. The number of fused-ring (bicyclic) bond motifs is 3. The van der Waals surface area contributed by atoms with E-state index in [1.165, 1.54) is 49.6 Å². The molecule has 2 heteroatoms. The Bertz CT molecular complexity index is 2510. The molecule has 50 heavy (non-hydrogen) atoms. The van der Waals surface area contributed by atoms with Crippen molar-refractivity contribution in [1.29, 1.82) is 0 Å². The molecule has 0 spiro atoms. The van der Waals surface area contributed by atoms with Gasteiger partial charge in [0.15, 0.2) is 0 Å². The normalized spacial score (nSPS) is 11.2. The lowest BCUT2D eigenvalue weighted by Crippen LogP contribution is -2.11. The fourth-order valence-electron chi connectivity index (χ4n) is 7.22. The van der Waals surface area contributed by atoms with Gasteiger partial charge in [-0.25, -0.2) is 0 Å². The Kier molecular flexibility index (Phi) is 7.53. The molecule has 0 aliphatic rings. The van der Waals surface area contributed by atoms with Gasteiger partial charge in [0, 0.05) is 33.4 Å². The summed E-state index contributed by atoms with van der Waals surface area (Å²) in [4.78, 5) is 2.39. The minimum Gasteiger partial charge on any atom is -0.310 e. The maximum absolute atomic E-state index is 2.39. The highest BCUT2D eigenvalue weighted by molar-refractivity contribution is 6.09. The fraction of sp³-hybridized carbons (Fsp3) is 0. The molecule has 0 aliphatic carbocycles. The highest BCUT2D eigenvalue weighted by Crippen LogP contribution is 2.42. The molecule has 0 saturated carbocycles. The fourth-order valence-corrected chi connectivity index (χ4v) is 7.22. The maximum atomic E-state index is 2.39. The van der Waals surface area contributed by atoms with Gasteiger partial charge >= 0.3 is 0 Å². The lowest BCUT2D eigenvalue weighted by molar-refractivity contribution is 1.18. The van der Waals surface area contributed by atoms with Crippen molar-refractivity contribution in [3.8, 4) is 39.1 Å². The zero-order valence-corrected chi connectivity index (χ0v) is 27.5. The van der Waals surface area contributed by atoms with E-state index < -0.39 is 0 Å². The lowest BCUT2D eigenvalue weighted by Gasteiger charge is -2.28. The first-order valence-corrected chi connectivity index (χ1v) is 17.1. The van der Waals surface area contributed by atoms with Gasteiger partial charge in [0.05, 0.1) is 16.7 Å². The Morgan fingerprint density at radius 1 is 0.320 bits per heavy atom. The van der Waals surface area contributed by atoms with E-state index in [0.29, 0.717) is 0 Å². The van der Waals surface area contributed by atoms with Crippen molar-refractivity contribution >= 4 is 38.9 Å². The third-order valence-electron chi connectivity index (χ3n) is 9.61. The number of hydrogen-bond donors (Lipinski definition) is 0. The van der Waals surface area contributed by atoms with E-state index in [-0.39, 0.29) is 0 Å². The molecule has 0 saturated heterocycles. The molecule has 2 nitrogen and oxygen atoms in total. The summed E-state index contributed by atoms with van der Waals surface area (Å²) in [6, 6.07) is 74.0. The van der Waals surface area contributed by atoms with Crippen molar-refractivity contribution < 1.29 is 0 Å². The first kappa shape index (κ1) is 29.5. The van der Waals surface area contributed by atoms with Crippen LogP contribution in [0.15, 0.2) is 206 Å². The van der Waals surface area contributed by atoms with Gasteiger partial charge in [0.1, 0.15) is 0 Å². The van der Waals surface area contributed by atoms with Gasteiger partial charge in [-0.3, -0.25) is 0 Å². The van der Waals surface area contributed by atoms with Crippen LogP contribution in [-0.4, -0.2) is 4.57 Å². The average Bonchev–Trinajstić information content (AvgIpc) is 3.54. The molecule has 1 aromatic heterocycles. The third kappa shape index (κ3) is 5.34. The van der Waals surface area contributed by atoms with E-state index in [1.807, 2.05) is 0 Å². The molecular formula is C48H34N2. The van der Waals surface area contributed by atoms with Gasteiger partial charge in [-0.2, -0.15) is 0 Å². The van der Waals surface area contributed by atoms with E-state index >= 15 is 0 Å². The predicted octanol–water partition coefficient (Wildman–Crippen LogP) is 13.3. The van der Waals surface area contributed by atoms with Gasteiger partial charge in [-0.05, 0) is 82.4 Å². The zero-order chi connectivity index (χ0) is 33.3. The van der Waals surface area contributed by atoms with Crippen LogP contribution in [-0.2, 0) is 0 Å². The first-order chi connectivity index (χ1) is 24.8. The summed E-state index contributed by atoms with van der Waals surface area (Å²) in [5, 5.41) is 2.54. The highest BCUT2D eigenvalue weighted by atomic mass is 15.1. The summed E-state index contributed by atoms with van der Waals surface area (Å²) in [6.45, 7) is 0. The third-order valence-corrected chi connectivity index (χ3v) is 9.61. The number of para-hydroxylation sites is 3. The minimum absolute atomic E-state index is 1.10. The van der Waals surface area contributed by atoms with E-state index in [1.54, 1.807) is 0 Å². The predicted molar refractivity (Wildman–Crippen MR) is 212 cm³/mol. The van der Waals surface area contributed by atoms with Crippen molar-refractivity contribution in [3.63, 3.8) is 0 Å². The molecule has 0 N–H and O–H groups in total. The number of benzene rings is 8. The summed E-state index contributed by atoms with van der Waals surface area (Å²) >= 11 is 0. The van der Waals surface area contributed by atoms with Crippen molar-refractivity contribution in [2.24, 2.45) is 0 Å². The summed E-state index contributed by atoms with van der Waals surface area (Å²) in [5.74, 6) is 0. The van der Waals surface area contributed by atoms with Crippen LogP contribution in [0.4, 0.5) is 17.1 Å². The van der Waals surface area contributed by atoms with Crippen LogP contribution < -0.4 is 4.90 Å². The number of nitrogens with zero attached hydrogens (tertiary/aromatic N) is 2. The molecule has 0 atom stereocenters. The number of anilines is 3. The van der Waals surface area contributed by atoms with Crippen LogP contribution in [0.2, 0.25) is 0 Å². The molecule has 9 aromatic rings. The molecule has 0 radical (unpaired) electrons. The van der Waals surface area contributed by atoms with E-state index in [9.17, 15) is 0 Å². The molecule has 0 unspecified atom stereocenters. The van der Waals surface area contributed by atoms with Gasteiger partial charge in [-0.15, -0.1) is 0 Å². The Labute approximate surface area is 292 Å². The molecule has 0 aliphatic heterocycles. The molecule has 8 aromatic carbocycles. The number of hydrogen-bond acceptors (Lipinski definition) is 1. The Morgan fingerprint density at radius 3 is 1.48 bits per heavy atom. The van der Waals surface area contributed by atoms with Gasteiger partial charge < -0.3 is 9.47 Å². The Balaban J connectivity index is 1.17. The molecular weight excluding hydrogens is 605 g/mol. The van der Waals surface area contributed by atoms with Crippen molar-refractivity contribution in [2.75, 3.05) is 4.90 Å². The van der Waals surface area contributed by atoms with E-state index in [0.717, 1.165) is 28.3 Å². The molecule has 9 rings (SSSR count). The topological polar surface area (TPSA) is 8.17 Å². The van der Waals surface area contributed by atoms with Gasteiger partial charge in [0.2, 0.25) is 0 Å². The van der Waals surface area contributed by atoms with Crippen molar-refractivity contribution in [1.82, 2.24) is 4.57 Å². The lowest BCUT2D eigenvalue weighted by atomic mass is 9.99. The molecule has 0 fully saturated rings. The second kappa shape index (κ2) is 12.8. The smallest absolute Gasteiger partial charge is 0.0541 e. The molecule has 236 valence electrons. The minimum atomic E-state index is 1.10. The second-order valence-electron chi connectivity index (χ2n) is 12.6. The van der Waals surface area contributed by atoms with E-state index in [2.05, 4.69) is 216 Å². The monoisotopic (exact) mass is 638 g/mol. The standard InChI is InChI=1S/C48H34N2/c1-3-14-35(15-4-1)37-26-30-40(31-27-37)49(42-19-13-18-39(34-42)36-16-5-2-6-17-36)46-23-10-7-20-43(46)38-28-32-41(33-29-38)50-47-24-11-8-21-44(47)45-22-9-12-25-48(45)50/h1-34H. The molecule has 0 bridgehead atoms. The number of aromatic nitrogens is 1. The van der Waals surface area contributed by atoms with Crippen molar-refractivity contribution in [3.05, 3.63) is 206 Å². The zero-order valence-electron chi connectivity index (χ0n) is 27.5. The van der Waals surface area contributed by atoms with Gasteiger partial charge in [-0.1, -0.05) is 152 Å². The van der Waals surface area contributed by atoms with Crippen LogP contribution in [0.5, 0.6) is 0 Å². The first-order valence-electron chi connectivity index (χ1n) is 17.1. The summed E-state index contributed by atoms with van der Waals surface area (Å²) in [6.07, 6.45) is 0. The highest BCUT2D eigenvalue weighted by Gasteiger charge is 2.18. The van der Waals surface area contributed by atoms with Crippen LogP contribution in [0.1, 0.15) is 0 Å². The van der Waals surface area contributed by atoms with Crippen LogP contribution >= 0.6 is 0 Å². The largest absolute Gasteiger partial charge is 0.310 e. The quantitative estimate of drug-likeness (QED) is 0.169. The number of rotatable bonds is 7. The molecule has 1 heterocycles. The summed E-state index contributed by atoms with van der Waals surface area (Å²) in [5.41, 5.74) is 14.0. The van der Waals surface area contributed by atoms with Crippen LogP contribution in [0.3, 0.4) is 0 Å². The Hall–Kier alpha value is -6.64. The van der Waals surface area contributed by atoms with Crippen LogP contribution in [0.25, 0.3) is 60.9 Å². The Morgan fingerprint density at radius 2 is 0.820 bits per heavy atom. The van der Waals surface area contributed by atoms with Gasteiger partial charge in [0.25, 0.3) is 0 Å². The average molecular weight is 639 g/mol. The van der Waals surface area contributed by atoms with Crippen LogP contribution in [0, 0.1) is 0 Å². The van der Waals surface area contributed by atoms with Crippen molar-refractivity contribution in [2.45, 2.75) is 0 Å². The second-order valence-corrected chi connectivity index (χ2v) is 12.6. The SMILES string of the molecule is c1ccc(-c2ccc(N(c3cccc(-c4ccccc4)c3)c3ccccc3-c3ccc(-n4c5ccccc5c5ccccc54)cc3)cc2)cc1. The van der Waals surface area contributed by atoms with E-state index in [4.69, 9.17) is 0 Å². The summed E-state index contributed by atoms with van der Waals surface area (Å²) < 4.78 is 2.37.